The molecule has 3 aromatic rings. The van der Waals surface area contributed by atoms with Gasteiger partial charge in [0.1, 0.15) is 11.4 Å². The summed E-state index contributed by atoms with van der Waals surface area (Å²) in [4.78, 5) is 25.4. The van der Waals surface area contributed by atoms with Gasteiger partial charge in [-0.15, -0.1) is 0 Å². The highest BCUT2D eigenvalue weighted by atomic mass is 35.5. The van der Waals surface area contributed by atoms with E-state index in [9.17, 15) is 14.0 Å². The molecule has 0 fully saturated rings. The molecule has 150 valence electrons. The van der Waals surface area contributed by atoms with Gasteiger partial charge in [0, 0.05) is 28.5 Å². The number of pyridine rings is 1. The number of benzene rings is 2. The maximum Gasteiger partial charge on any atom is 0.263 e. The molecule has 0 spiro atoms. The Morgan fingerprint density at radius 3 is 2.55 bits per heavy atom. The Bertz CT molecular complexity index is 1090. The molecule has 0 saturated heterocycles. The summed E-state index contributed by atoms with van der Waals surface area (Å²) in [5, 5.41) is 2.86. The van der Waals surface area contributed by atoms with Gasteiger partial charge in [-0.1, -0.05) is 17.7 Å². The molecule has 8 heteroatoms. The van der Waals surface area contributed by atoms with Crippen molar-refractivity contribution in [3.8, 4) is 11.5 Å². The van der Waals surface area contributed by atoms with Gasteiger partial charge in [-0.3, -0.25) is 9.59 Å². The lowest BCUT2D eigenvalue weighted by atomic mass is 10.2. The zero-order valence-corrected chi connectivity index (χ0v) is 16.5. The Morgan fingerprint density at radius 2 is 1.86 bits per heavy atom. The summed E-state index contributed by atoms with van der Waals surface area (Å²) < 4.78 is 25.6. The molecule has 0 radical (unpaired) electrons. The number of rotatable bonds is 6. The second-order valence-electron chi connectivity index (χ2n) is 6.08. The van der Waals surface area contributed by atoms with E-state index >= 15 is 0 Å². The molecule has 0 aliphatic rings. The number of methoxy groups -OCH3 is 2. The van der Waals surface area contributed by atoms with E-state index in [1.54, 1.807) is 30.3 Å². The molecule has 0 aliphatic heterocycles. The third-order valence-electron chi connectivity index (χ3n) is 4.30. The maximum absolute atomic E-state index is 14.0. The van der Waals surface area contributed by atoms with E-state index in [0.29, 0.717) is 17.2 Å². The minimum absolute atomic E-state index is 0.0882. The minimum Gasteiger partial charge on any atom is -0.493 e. The number of halogens is 2. The fourth-order valence-corrected chi connectivity index (χ4v) is 3.02. The quantitative estimate of drug-likeness (QED) is 0.660. The average Bonchev–Trinajstić information content (AvgIpc) is 2.71. The average molecular weight is 417 g/mol. The first-order valence-electron chi connectivity index (χ1n) is 8.60. The Kier molecular flexibility index (Phi) is 6.19. The van der Waals surface area contributed by atoms with E-state index in [2.05, 4.69) is 5.32 Å². The summed E-state index contributed by atoms with van der Waals surface area (Å²) in [6.07, 6.45) is 1.47. The van der Waals surface area contributed by atoms with Crippen molar-refractivity contribution in [2.75, 3.05) is 19.5 Å². The van der Waals surface area contributed by atoms with E-state index in [0.717, 1.165) is 0 Å². The summed E-state index contributed by atoms with van der Waals surface area (Å²) in [6.45, 7) is -0.0954. The zero-order chi connectivity index (χ0) is 21.0. The van der Waals surface area contributed by atoms with Crippen molar-refractivity contribution < 1.29 is 18.7 Å². The van der Waals surface area contributed by atoms with Crippen LogP contribution in [0.1, 0.15) is 15.9 Å². The second kappa shape index (κ2) is 8.79. The summed E-state index contributed by atoms with van der Waals surface area (Å²) in [5.74, 6) is -0.180. The fraction of sp³-hybridized carbons (Fsp3) is 0.143. The van der Waals surface area contributed by atoms with Crippen LogP contribution in [0.25, 0.3) is 0 Å². The van der Waals surface area contributed by atoms with Gasteiger partial charge in [0.05, 0.1) is 20.8 Å². The van der Waals surface area contributed by atoms with Gasteiger partial charge in [-0.05, 0) is 36.4 Å². The van der Waals surface area contributed by atoms with Crippen molar-refractivity contribution in [1.82, 2.24) is 4.57 Å². The minimum atomic E-state index is -0.601. The number of amides is 1. The van der Waals surface area contributed by atoms with Crippen LogP contribution in [0.5, 0.6) is 11.5 Å². The molecular formula is C21H18ClFN2O4. The lowest BCUT2D eigenvalue weighted by Crippen LogP contribution is -2.29. The molecule has 1 aromatic heterocycles. The van der Waals surface area contributed by atoms with Gasteiger partial charge >= 0.3 is 0 Å². The van der Waals surface area contributed by atoms with Crippen molar-refractivity contribution in [3.05, 3.63) is 87.0 Å². The molecule has 1 N–H and O–H groups in total. The predicted molar refractivity (Wildman–Crippen MR) is 109 cm³/mol. The number of anilines is 1. The molecule has 0 aliphatic carbocycles. The van der Waals surface area contributed by atoms with Gasteiger partial charge in [0.25, 0.3) is 11.5 Å². The van der Waals surface area contributed by atoms with Crippen LogP contribution >= 0.6 is 11.6 Å². The number of ether oxygens (including phenoxy) is 2. The number of hydrogen-bond donors (Lipinski definition) is 1. The Labute approximate surface area is 171 Å². The van der Waals surface area contributed by atoms with Crippen molar-refractivity contribution >= 4 is 23.2 Å². The molecule has 0 atom stereocenters. The van der Waals surface area contributed by atoms with Gasteiger partial charge in [-0.25, -0.2) is 4.39 Å². The first kappa shape index (κ1) is 20.4. The molecule has 29 heavy (non-hydrogen) atoms. The summed E-state index contributed by atoms with van der Waals surface area (Å²) >= 11 is 6.04. The first-order valence-corrected chi connectivity index (χ1v) is 8.98. The molecule has 0 bridgehead atoms. The molecule has 1 heterocycles. The SMILES string of the molecule is COc1ccc(NC(=O)c2cccn(Cc3c(F)cccc3Cl)c2=O)cc1OC. The fourth-order valence-electron chi connectivity index (χ4n) is 2.80. The molecule has 2 aromatic carbocycles. The smallest absolute Gasteiger partial charge is 0.263 e. The molecular weight excluding hydrogens is 399 g/mol. The van der Waals surface area contributed by atoms with Crippen LogP contribution in [0.2, 0.25) is 5.02 Å². The van der Waals surface area contributed by atoms with Gasteiger partial charge < -0.3 is 19.4 Å². The first-order chi connectivity index (χ1) is 13.9. The number of carbonyl (C=O) groups excluding carboxylic acids is 1. The van der Waals surface area contributed by atoms with E-state index in [-0.39, 0.29) is 22.7 Å². The van der Waals surface area contributed by atoms with Crippen LogP contribution in [0.15, 0.2) is 59.5 Å². The zero-order valence-electron chi connectivity index (χ0n) is 15.7. The highest BCUT2D eigenvalue weighted by Crippen LogP contribution is 2.29. The molecule has 1 amide bonds. The van der Waals surface area contributed by atoms with Crippen molar-refractivity contribution in [2.45, 2.75) is 6.54 Å². The maximum atomic E-state index is 14.0. The normalized spacial score (nSPS) is 10.5. The molecule has 6 nitrogen and oxygen atoms in total. The van der Waals surface area contributed by atoms with Crippen molar-refractivity contribution in [1.29, 1.82) is 0 Å². The topological polar surface area (TPSA) is 69.6 Å². The third kappa shape index (κ3) is 4.41. The van der Waals surface area contributed by atoms with Crippen molar-refractivity contribution in [2.24, 2.45) is 0 Å². The van der Waals surface area contributed by atoms with E-state index < -0.39 is 17.3 Å². The number of aromatic nitrogens is 1. The number of nitrogens with one attached hydrogen (secondary N) is 1. The van der Waals surface area contributed by atoms with Crippen LogP contribution in [-0.2, 0) is 6.54 Å². The number of hydrogen-bond acceptors (Lipinski definition) is 4. The standard InChI is InChI=1S/C21H18ClFN2O4/c1-28-18-9-8-13(11-19(18)29-2)24-20(26)14-5-4-10-25(21(14)27)12-15-16(22)6-3-7-17(15)23/h3-11H,12H2,1-2H3,(H,24,26). The number of carbonyl (C=O) groups is 1. The molecule has 0 unspecified atom stereocenters. The van der Waals surface area contributed by atoms with E-state index in [4.69, 9.17) is 21.1 Å². The van der Waals surface area contributed by atoms with Gasteiger partial charge in [-0.2, -0.15) is 0 Å². The summed E-state index contributed by atoms with van der Waals surface area (Å²) in [7, 11) is 2.98. The van der Waals surface area contributed by atoms with Crippen molar-refractivity contribution in [3.63, 3.8) is 0 Å². The van der Waals surface area contributed by atoms with Crippen LogP contribution in [-0.4, -0.2) is 24.7 Å². The van der Waals surface area contributed by atoms with Crippen LogP contribution in [0.3, 0.4) is 0 Å². The van der Waals surface area contributed by atoms with Crippen LogP contribution in [0.4, 0.5) is 10.1 Å². The lowest BCUT2D eigenvalue weighted by molar-refractivity contribution is 0.102. The largest absolute Gasteiger partial charge is 0.493 e. The van der Waals surface area contributed by atoms with E-state index in [1.807, 2.05) is 0 Å². The Morgan fingerprint density at radius 1 is 1.10 bits per heavy atom. The monoisotopic (exact) mass is 416 g/mol. The van der Waals surface area contributed by atoms with Gasteiger partial charge in [0.15, 0.2) is 11.5 Å². The predicted octanol–water partition coefficient (Wildman–Crippen LogP) is 3.96. The Hall–Kier alpha value is -3.32. The Balaban J connectivity index is 1.87. The van der Waals surface area contributed by atoms with Crippen LogP contribution < -0.4 is 20.3 Å². The highest BCUT2D eigenvalue weighted by molar-refractivity contribution is 6.31. The number of nitrogens with zero attached hydrogens (tertiary/aromatic N) is 1. The second-order valence-corrected chi connectivity index (χ2v) is 6.49. The molecule has 0 saturated carbocycles. The highest BCUT2D eigenvalue weighted by Gasteiger charge is 2.15. The summed E-state index contributed by atoms with van der Waals surface area (Å²) in [6, 6.07) is 12.1. The lowest BCUT2D eigenvalue weighted by Gasteiger charge is -2.12. The third-order valence-corrected chi connectivity index (χ3v) is 4.65. The van der Waals surface area contributed by atoms with Crippen LogP contribution in [0, 0.1) is 5.82 Å². The summed E-state index contributed by atoms with van der Waals surface area (Å²) in [5.41, 5.74) is -0.0483. The molecule has 3 rings (SSSR count). The van der Waals surface area contributed by atoms with Gasteiger partial charge in [0.2, 0.25) is 0 Å². The van der Waals surface area contributed by atoms with E-state index in [1.165, 1.54) is 43.2 Å².